The molecule has 26 heavy (non-hydrogen) atoms. The standard InChI is InChI=1S/C18H22N4O3S/c1-25-17(23)10-6-5-9-16-11-15(13-26-16)22(18(24)20-21-19)12-14-7-3-2-4-8-14/h2-4,7-8,11,15H,5-6,9-10,12-13H2,1H3/t15-/m1/s1. The van der Waals surface area contributed by atoms with Gasteiger partial charge in [-0.25, -0.2) is 0 Å². The summed E-state index contributed by atoms with van der Waals surface area (Å²) < 4.78 is 4.63. The number of azide groups is 1. The van der Waals surface area contributed by atoms with Gasteiger partial charge in [0.25, 0.3) is 0 Å². The lowest BCUT2D eigenvalue weighted by atomic mass is 10.1. The van der Waals surface area contributed by atoms with Gasteiger partial charge in [-0.05, 0) is 35.3 Å². The molecule has 138 valence electrons. The molecule has 1 aromatic rings. The van der Waals surface area contributed by atoms with Gasteiger partial charge in [-0.3, -0.25) is 9.59 Å². The van der Waals surface area contributed by atoms with Crippen molar-refractivity contribution in [1.29, 1.82) is 0 Å². The number of benzene rings is 1. The molecule has 8 heteroatoms. The molecule has 0 unspecified atom stereocenters. The first kappa shape index (κ1) is 19.9. The fraction of sp³-hybridized carbons (Fsp3) is 0.444. The van der Waals surface area contributed by atoms with Crippen LogP contribution >= 0.6 is 11.8 Å². The van der Waals surface area contributed by atoms with Crippen molar-refractivity contribution in [2.45, 2.75) is 38.3 Å². The predicted octanol–water partition coefficient (Wildman–Crippen LogP) is 4.65. The zero-order valence-corrected chi connectivity index (χ0v) is 15.5. The Bertz CT molecular complexity index is 702. The highest BCUT2D eigenvalue weighted by atomic mass is 32.2. The van der Waals surface area contributed by atoms with E-state index in [0.29, 0.717) is 13.0 Å². The van der Waals surface area contributed by atoms with Crippen molar-refractivity contribution in [3.63, 3.8) is 0 Å². The van der Waals surface area contributed by atoms with Crippen LogP contribution in [0.3, 0.4) is 0 Å². The Morgan fingerprint density at radius 1 is 1.35 bits per heavy atom. The Labute approximate surface area is 157 Å². The number of nitrogens with zero attached hydrogens (tertiary/aromatic N) is 4. The minimum Gasteiger partial charge on any atom is -0.469 e. The monoisotopic (exact) mass is 374 g/mol. The van der Waals surface area contributed by atoms with Crippen LogP contribution in [0.5, 0.6) is 0 Å². The van der Waals surface area contributed by atoms with E-state index in [1.807, 2.05) is 30.3 Å². The van der Waals surface area contributed by atoms with E-state index in [2.05, 4.69) is 20.8 Å². The van der Waals surface area contributed by atoms with E-state index in [0.717, 1.165) is 30.6 Å². The van der Waals surface area contributed by atoms with Crippen molar-refractivity contribution in [2.24, 2.45) is 5.11 Å². The highest BCUT2D eigenvalue weighted by molar-refractivity contribution is 8.03. The summed E-state index contributed by atoms with van der Waals surface area (Å²) >= 11 is 1.71. The molecule has 0 radical (unpaired) electrons. The Morgan fingerprint density at radius 3 is 2.81 bits per heavy atom. The smallest absolute Gasteiger partial charge is 0.311 e. The first-order valence-corrected chi connectivity index (χ1v) is 9.42. The summed E-state index contributed by atoms with van der Waals surface area (Å²) in [6.45, 7) is 0.399. The van der Waals surface area contributed by atoms with Crippen LogP contribution in [-0.2, 0) is 16.1 Å². The van der Waals surface area contributed by atoms with Crippen LogP contribution in [-0.4, -0.2) is 35.8 Å². The predicted molar refractivity (Wildman–Crippen MR) is 101 cm³/mol. The summed E-state index contributed by atoms with van der Waals surface area (Å²) in [5.74, 6) is 0.552. The number of hydrogen-bond donors (Lipinski definition) is 0. The van der Waals surface area contributed by atoms with E-state index in [1.54, 1.807) is 16.7 Å². The zero-order chi connectivity index (χ0) is 18.8. The van der Waals surface area contributed by atoms with Gasteiger partial charge < -0.3 is 9.64 Å². The van der Waals surface area contributed by atoms with Crippen LogP contribution < -0.4 is 0 Å². The zero-order valence-electron chi connectivity index (χ0n) is 14.7. The topological polar surface area (TPSA) is 95.4 Å². The largest absolute Gasteiger partial charge is 0.469 e. The molecule has 1 heterocycles. The number of amides is 2. The molecule has 0 fully saturated rings. The van der Waals surface area contributed by atoms with Crippen LogP contribution in [0.15, 0.2) is 46.4 Å². The third-order valence-corrected chi connectivity index (χ3v) is 5.29. The minimum absolute atomic E-state index is 0.103. The third-order valence-electron chi connectivity index (χ3n) is 4.07. The van der Waals surface area contributed by atoms with Crippen molar-refractivity contribution < 1.29 is 14.3 Å². The molecule has 0 saturated heterocycles. The number of urea groups is 1. The van der Waals surface area contributed by atoms with Gasteiger partial charge in [0.2, 0.25) is 0 Å². The molecular weight excluding hydrogens is 352 g/mol. The van der Waals surface area contributed by atoms with Gasteiger partial charge in [0.05, 0.1) is 13.2 Å². The SMILES string of the molecule is COC(=O)CCCCC1=C[C@@H](N(Cc2ccccc2)C(=O)N=[N+]=[N-])CS1. The molecule has 1 atom stereocenters. The molecule has 7 nitrogen and oxygen atoms in total. The van der Waals surface area contributed by atoms with Gasteiger partial charge in [-0.1, -0.05) is 36.4 Å². The Balaban J connectivity index is 1.97. The Morgan fingerprint density at radius 2 is 2.12 bits per heavy atom. The second kappa shape index (κ2) is 10.5. The van der Waals surface area contributed by atoms with Crippen molar-refractivity contribution >= 4 is 23.8 Å². The first-order valence-electron chi connectivity index (χ1n) is 8.44. The number of esters is 1. The maximum absolute atomic E-state index is 12.2. The van der Waals surface area contributed by atoms with Gasteiger partial charge in [0, 0.05) is 28.7 Å². The number of carbonyl (C=O) groups is 2. The summed E-state index contributed by atoms with van der Waals surface area (Å²) in [5, 5.41) is 3.27. The van der Waals surface area contributed by atoms with Crippen LogP contribution in [0.4, 0.5) is 4.79 Å². The van der Waals surface area contributed by atoms with E-state index in [9.17, 15) is 9.59 Å². The van der Waals surface area contributed by atoms with Gasteiger partial charge in [-0.2, -0.15) is 0 Å². The quantitative estimate of drug-likeness (QED) is 0.217. The normalized spacial score (nSPS) is 15.7. The number of ether oxygens (including phenoxy) is 1. The number of hydrogen-bond acceptors (Lipinski definition) is 4. The van der Waals surface area contributed by atoms with Crippen molar-refractivity contribution in [2.75, 3.05) is 12.9 Å². The Kier molecular flexibility index (Phi) is 8.05. The number of thioether (sulfide) groups is 1. The average Bonchev–Trinajstić information content (AvgIpc) is 3.12. The number of carbonyl (C=O) groups excluding carboxylic acids is 2. The summed E-state index contributed by atoms with van der Waals surface area (Å²) in [4.78, 5) is 28.8. The minimum atomic E-state index is -0.565. The van der Waals surface area contributed by atoms with Crippen LogP contribution in [0, 0.1) is 0 Å². The molecule has 1 aromatic carbocycles. The van der Waals surface area contributed by atoms with E-state index < -0.39 is 6.03 Å². The lowest BCUT2D eigenvalue weighted by molar-refractivity contribution is -0.140. The van der Waals surface area contributed by atoms with E-state index in [-0.39, 0.29) is 12.0 Å². The molecule has 0 aromatic heterocycles. The number of unbranched alkanes of at least 4 members (excludes halogenated alkanes) is 1. The third kappa shape index (κ3) is 6.13. The molecule has 2 amide bonds. The molecule has 0 bridgehead atoms. The van der Waals surface area contributed by atoms with E-state index >= 15 is 0 Å². The Hall–Kier alpha value is -2.44. The van der Waals surface area contributed by atoms with Gasteiger partial charge in [-0.15, -0.1) is 11.8 Å². The summed E-state index contributed by atoms with van der Waals surface area (Å²) in [6, 6.07) is 8.96. The van der Waals surface area contributed by atoms with Crippen LogP contribution in [0.1, 0.15) is 31.2 Å². The highest BCUT2D eigenvalue weighted by Gasteiger charge is 2.26. The maximum Gasteiger partial charge on any atom is 0.311 e. The molecular formula is C18H22N4O3S. The fourth-order valence-corrected chi connectivity index (χ4v) is 3.91. The van der Waals surface area contributed by atoms with Gasteiger partial charge >= 0.3 is 12.0 Å². The first-order chi connectivity index (χ1) is 12.6. The molecule has 0 spiro atoms. The highest BCUT2D eigenvalue weighted by Crippen LogP contribution is 2.32. The van der Waals surface area contributed by atoms with E-state index in [4.69, 9.17) is 5.53 Å². The second-order valence-corrected chi connectivity index (χ2v) is 7.03. The lowest BCUT2D eigenvalue weighted by Gasteiger charge is -2.25. The number of allylic oxidation sites excluding steroid dienone is 1. The van der Waals surface area contributed by atoms with Crippen molar-refractivity contribution in [1.82, 2.24) is 4.90 Å². The molecule has 2 rings (SSSR count). The average molecular weight is 374 g/mol. The van der Waals surface area contributed by atoms with E-state index in [1.165, 1.54) is 12.0 Å². The molecule has 0 saturated carbocycles. The maximum atomic E-state index is 12.2. The van der Waals surface area contributed by atoms with Gasteiger partial charge in [0.15, 0.2) is 0 Å². The van der Waals surface area contributed by atoms with Crippen molar-refractivity contribution in [3.8, 4) is 0 Å². The lowest BCUT2D eigenvalue weighted by Crippen LogP contribution is -2.37. The summed E-state index contributed by atoms with van der Waals surface area (Å²) in [6.07, 6.45) is 5.03. The summed E-state index contributed by atoms with van der Waals surface area (Å²) in [5.41, 5.74) is 9.59. The van der Waals surface area contributed by atoms with Gasteiger partial charge in [0.1, 0.15) is 0 Å². The number of rotatable bonds is 8. The molecule has 1 aliphatic rings. The summed E-state index contributed by atoms with van der Waals surface area (Å²) in [7, 11) is 1.39. The number of methoxy groups -OCH3 is 1. The second-order valence-electron chi connectivity index (χ2n) is 5.88. The molecule has 0 aliphatic carbocycles. The van der Waals surface area contributed by atoms with Crippen LogP contribution in [0.25, 0.3) is 10.4 Å². The van der Waals surface area contributed by atoms with Crippen molar-refractivity contribution in [3.05, 3.63) is 57.3 Å². The fourth-order valence-electron chi connectivity index (χ4n) is 2.71. The molecule has 0 N–H and O–H groups in total. The molecule has 1 aliphatic heterocycles. The van der Waals surface area contributed by atoms with Crippen LogP contribution in [0.2, 0.25) is 0 Å².